The van der Waals surface area contributed by atoms with Crippen molar-refractivity contribution in [1.82, 2.24) is 14.5 Å². The van der Waals surface area contributed by atoms with Gasteiger partial charge in [0.15, 0.2) is 5.16 Å². The highest BCUT2D eigenvalue weighted by molar-refractivity contribution is 7.98. The summed E-state index contributed by atoms with van der Waals surface area (Å²) in [6.07, 6.45) is 1.61. The van der Waals surface area contributed by atoms with Gasteiger partial charge in [0.2, 0.25) is 5.91 Å². The lowest BCUT2D eigenvalue weighted by Crippen LogP contribution is -2.22. The van der Waals surface area contributed by atoms with Crippen LogP contribution in [0.3, 0.4) is 0 Å². The Morgan fingerprint density at radius 1 is 1.19 bits per heavy atom. The summed E-state index contributed by atoms with van der Waals surface area (Å²) in [5, 5.41) is 12.3. The van der Waals surface area contributed by atoms with Crippen LogP contribution in [0.5, 0.6) is 0 Å². The zero-order chi connectivity index (χ0) is 22.8. The van der Waals surface area contributed by atoms with Crippen LogP contribution in [0.4, 0.5) is 5.69 Å². The smallest absolute Gasteiger partial charge is 0.274 e. The third-order valence-electron chi connectivity index (χ3n) is 4.80. The molecule has 0 aliphatic rings. The first-order chi connectivity index (χ1) is 15.3. The predicted molar refractivity (Wildman–Crippen MR) is 121 cm³/mol. The molecule has 32 heavy (non-hydrogen) atoms. The molecule has 0 aliphatic carbocycles. The standard InChI is InChI=1S/C22H17N5O4S/c1-13-8-9-24-19(10-13)26-21(29)16-4-2-3-5-17(16)25-22(26)32-12-15-7-6-14(20(23)28)11-18(15)27(30)31/h2-11H,12H2,1H3,(H2,23,28). The highest BCUT2D eigenvalue weighted by Gasteiger charge is 2.19. The molecule has 2 aromatic carbocycles. The third kappa shape index (κ3) is 4.08. The molecule has 0 aliphatic heterocycles. The summed E-state index contributed by atoms with van der Waals surface area (Å²) in [6.45, 7) is 1.89. The van der Waals surface area contributed by atoms with Gasteiger partial charge in [-0.15, -0.1) is 0 Å². The van der Waals surface area contributed by atoms with Gasteiger partial charge in [-0.3, -0.25) is 19.7 Å². The molecular formula is C22H17N5O4S. The van der Waals surface area contributed by atoms with Gasteiger partial charge in [0.05, 0.1) is 15.8 Å². The maximum atomic E-state index is 13.3. The summed E-state index contributed by atoms with van der Waals surface area (Å²) in [4.78, 5) is 44.6. The fourth-order valence-corrected chi connectivity index (χ4v) is 4.20. The molecule has 4 aromatic rings. The SMILES string of the molecule is Cc1ccnc(-n2c(SCc3ccc(C(N)=O)cc3[N+](=O)[O-])nc3ccccc3c2=O)c1. The predicted octanol–water partition coefficient (Wildman–Crippen LogP) is 3.39. The quantitative estimate of drug-likeness (QED) is 0.207. The summed E-state index contributed by atoms with van der Waals surface area (Å²) in [5.41, 5.74) is 6.59. The third-order valence-corrected chi connectivity index (χ3v) is 5.79. The zero-order valence-electron chi connectivity index (χ0n) is 16.9. The lowest BCUT2D eigenvalue weighted by atomic mass is 10.1. The number of para-hydroxylation sites is 1. The molecule has 0 unspecified atom stereocenters. The average molecular weight is 447 g/mol. The molecule has 9 nitrogen and oxygen atoms in total. The number of pyridine rings is 1. The van der Waals surface area contributed by atoms with E-state index in [-0.39, 0.29) is 22.6 Å². The number of amides is 1. The molecule has 1 amide bonds. The maximum Gasteiger partial charge on any atom is 0.274 e. The molecule has 0 bridgehead atoms. The second-order valence-electron chi connectivity index (χ2n) is 7.00. The van der Waals surface area contributed by atoms with Crippen molar-refractivity contribution in [3.8, 4) is 5.82 Å². The summed E-state index contributed by atoms with van der Waals surface area (Å²) in [5.74, 6) is -0.191. The number of nitro benzene ring substituents is 1. The Morgan fingerprint density at radius 3 is 2.69 bits per heavy atom. The fourth-order valence-electron chi connectivity index (χ4n) is 3.21. The number of nitrogens with zero attached hydrogens (tertiary/aromatic N) is 4. The summed E-state index contributed by atoms with van der Waals surface area (Å²) in [6, 6.07) is 14.6. The number of fused-ring (bicyclic) bond motifs is 1. The molecule has 0 spiro atoms. The monoisotopic (exact) mass is 447 g/mol. The summed E-state index contributed by atoms with van der Waals surface area (Å²) >= 11 is 1.17. The Hall–Kier alpha value is -4.05. The molecule has 4 rings (SSSR count). The largest absolute Gasteiger partial charge is 0.366 e. The molecule has 2 aromatic heterocycles. The van der Waals surface area contributed by atoms with Gasteiger partial charge in [-0.1, -0.05) is 30.0 Å². The molecule has 10 heteroatoms. The number of hydrogen-bond acceptors (Lipinski definition) is 7. The second kappa shape index (κ2) is 8.60. The minimum absolute atomic E-state index is 0.0511. The minimum atomic E-state index is -0.747. The Balaban J connectivity index is 1.82. The van der Waals surface area contributed by atoms with E-state index in [1.54, 1.807) is 36.5 Å². The molecule has 0 atom stereocenters. The molecule has 2 N–H and O–H groups in total. The van der Waals surface area contributed by atoms with E-state index in [0.29, 0.717) is 27.4 Å². The highest BCUT2D eigenvalue weighted by Crippen LogP contribution is 2.29. The van der Waals surface area contributed by atoms with Crippen LogP contribution in [-0.2, 0) is 5.75 Å². The van der Waals surface area contributed by atoms with Crippen molar-refractivity contribution < 1.29 is 9.72 Å². The van der Waals surface area contributed by atoms with Crippen molar-refractivity contribution in [3.63, 3.8) is 0 Å². The van der Waals surface area contributed by atoms with Crippen LogP contribution >= 0.6 is 11.8 Å². The molecular weight excluding hydrogens is 430 g/mol. The zero-order valence-corrected chi connectivity index (χ0v) is 17.7. The second-order valence-corrected chi connectivity index (χ2v) is 7.94. The van der Waals surface area contributed by atoms with Crippen molar-refractivity contribution >= 4 is 34.3 Å². The van der Waals surface area contributed by atoms with E-state index in [1.807, 2.05) is 13.0 Å². The van der Waals surface area contributed by atoms with Crippen molar-refractivity contribution in [3.05, 3.63) is 98.0 Å². The van der Waals surface area contributed by atoms with E-state index in [9.17, 15) is 19.7 Å². The number of carbonyl (C=O) groups is 1. The number of primary amides is 1. The van der Waals surface area contributed by atoms with E-state index >= 15 is 0 Å². The van der Waals surface area contributed by atoms with Gasteiger partial charge in [0.1, 0.15) is 5.82 Å². The van der Waals surface area contributed by atoms with Crippen molar-refractivity contribution in [2.75, 3.05) is 0 Å². The molecule has 0 saturated heterocycles. The first-order valence-corrected chi connectivity index (χ1v) is 10.5. The van der Waals surface area contributed by atoms with Crippen LogP contribution in [0.15, 0.2) is 70.7 Å². The van der Waals surface area contributed by atoms with Crippen LogP contribution in [0.1, 0.15) is 21.5 Å². The van der Waals surface area contributed by atoms with Gasteiger partial charge < -0.3 is 5.73 Å². The van der Waals surface area contributed by atoms with Gasteiger partial charge in [-0.05, 0) is 42.8 Å². The Kier molecular flexibility index (Phi) is 5.69. The summed E-state index contributed by atoms with van der Waals surface area (Å²) in [7, 11) is 0. The molecule has 0 radical (unpaired) electrons. The van der Waals surface area contributed by atoms with Gasteiger partial charge in [-0.2, -0.15) is 0 Å². The van der Waals surface area contributed by atoms with E-state index in [2.05, 4.69) is 9.97 Å². The number of nitro groups is 1. The fraction of sp³-hybridized carbons (Fsp3) is 0.0909. The first kappa shape index (κ1) is 21.2. The molecule has 0 saturated carbocycles. The lowest BCUT2D eigenvalue weighted by molar-refractivity contribution is -0.385. The number of nitrogens with two attached hydrogens (primary N) is 1. The van der Waals surface area contributed by atoms with Crippen LogP contribution in [0, 0.1) is 17.0 Å². The van der Waals surface area contributed by atoms with Crippen molar-refractivity contribution in [1.29, 1.82) is 0 Å². The highest BCUT2D eigenvalue weighted by atomic mass is 32.2. The first-order valence-electron chi connectivity index (χ1n) is 9.50. The van der Waals surface area contributed by atoms with Gasteiger partial charge in [0.25, 0.3) is 11.2 Å². The van der Waals surface area contributed by atoms with Gasteiger partial charge in [0, 0.05) is 29.1 Å². The topological polar surface area (TPSA) is 134 Å². The van der Waals surface area contributed by atoms with E-state index in [1.165, 1.54) is 28.5 Å². The molecule has 160 valence electrons. The number of thioether (sulfide) groups is 1. The number of hydrogen-bond donors (Lipinski definition) is 1. The average Bonchev–Trinajstić information content (AvgIpc) is 2.77. The molecule has 0 fully saturated rings. The summed E-state index contributed by atoms with van der Waals surface area (Å²) < 4.78 is 1.41. The lowest BCUT2D eigenvalue weighted by Gasteiger charge is -2.13. The number of aromatic nitrogens is 3. The van der Waals surface area contributed by atoms with Crippen LogP contribution in [0.25, 0.3) is 16.7 Å². The van der Waals surface area contributed by atoms with E-state index in [4.69, 9.17) is 5.73 Å². The Labute approximate surface area is 186 Å². The van der Waals surface area contributed by atoms with E-state index in [0.717, 1.165) is 11.6 Å². The Bertz CT molecular complexity index is 1430. The minimum Gasteiger partial charge on any atom is -0.366 e. The number of aryl methyl sites for hydroxylation is 1. The van der Waals surface area contributed by atoms with Gasteiger partial charge >= 0.3 is 0 Å². The van der Waals surface area contributed by atoms with Crippen LogP contribution in [0.2, 0.25) is 0 Å². The van der Waals surface area contributed by atoms with Gasteiger partial charge in [-0.25, -0.2) is 14.5 Å². The van der Waals surface area contributed by atoms with E-state index < -0.39 is 10.8 Å². The number of carbonyl (C=O) groups excluding carboxylic acids is 1. The number of rotatable bonds is 6. The van der Waals surface area contributed by atoms with Crippen LogP contribution < -0.4 is 11.3 Å². The molecule has 2 heterocycles. The Morgan fingerprint density at radius 2 is 1.97 bits per heavy atom. The normalized spacial score (nSPS) is 10.9. The maximum absolute atomic E-state index is 13.3. The van der Waals surface area contributed by atoms with Crippen molar-refractivity contribution in [2.24, 2.45) is 5.73 Å². The van der Waals surface area contributed by atoms with Crippen molar-refractivity contribution in [2.45, 2.75) is 17.8 Å². The number of benzene rings is 2. The van der Waals surface area contributed by atoms with Crippen LogP contribution in [-0.4, -0.2) is 25.4 Å².